The van der Waals surface area contributed by atoms with Gasteiger partial charge in [0.1, 0.15) is 0 Å². The Morgan fingerprint density at radius 1 is 1.71 bits per heavy atom. The van der Waals surface area contributed by atoms with Crippen molar-refractivity contribution in [3.63, 3.8) is 0 Å². The third kappa shape index (κ3) is 4.25. The Balaban J connectivity index is 2.83. The Hall–Kier alpha value is 0.400. The second-order valence-corrected chi connectivity index (χ2v) is 2.02. The molecule has 0 amide bonds. The Kier molecular flexibility index (Phi) is 4.82. The van der Waals surface area contributed by atoms with E-state index in [0.29, 0.717) is 0 Å². The highest BCUT2D eigenvalue weighted by molar-refractivity contribution is 9.09. The van der Waals surface area contributed by atoms with Crippen molar-refractivity contribution in [2.75, 3.05) is 26.0 Å². The van der Waals surface area contributed by atoms with Crippen LogP contribution in [0.1, 0.15) is 0 Å². The molecule has 0 fully saturated rings. The van der Waals surface area contributed by atoms with Gasteiger partial charge in [0.2, 0.25) is 0 Å². The molecule has 0 saturated carbocycles. The zero-order valence-corrected chi connectivity index (χ0v) is 6.23. The standard InChI is InChI=1S/C4H10BrNO/c1-6(7-2)4-3-5/h3-4H2,1-2H3. The molecule has 0 radical (unpaired) electrons. The van der Waals surface area contributed by atoms with E-state index in [-0.39, 0.29) is 0 Å². The SMILES string of the molecule is CON(C)CCBr. The second kappa shape index (κ2) is 4.56. The van der Waals surface area contributed by atoms with Crippen molar-refractivity contribution in [2.24, 2.45) is 0 Å². The van der Waals surface area contributed by atoms with E-state index in [0.717, 1.165) is 11.9 Å². The average molecular weight is 168 g/mol. The first kappa shape index (κ1) is 7.40. The van der Waals surface area contributed by atoms with E-state index in [2.05, 4.69) is 15.9 Å². The summed E-state index contributed by atoms with van der Waals surface area (Å²) in [5.41, 5.74) is 0. The summed E-state index contributed by atoms with van der Waals surface area (Å²) in [6.45, 7) is 0.927. The van der Waals surface area contributed by atoms with Crippen LogP contribution in [0.5, 0.6) is 0 Å². The number of hydroxylamine groups is 2. The third-order valence-corrected chi connectivity index (χ3v) is 1.07. The van der Waals surface area contributed by atoms with Crippen molar-refractivity contribution in [2.45, 2.75) is 0 Å². The van der Waals surface area contributed by atoms with E-state index in [9.17, 15) is 0 Å². The minimum Gasteiger partial charge on any atom is -0.303 e. The summed E-state index contributed by atoms with van der Waals surface area (Å²) in [5, 5.41) is 2.71. The molecule has 3 heteroatoms. The molecule has 44 valence electrons. The van der Waals surface area contributed by atoms with Crippen molar-refractivity contribution >= 4 is 15.9 Å². The monoisotopic (exact) mass is 167 g/mol. The molecule has 0 heterocycles. The van der Waals surface area contributed by atoms with Crippen LogP contribution in [-0.4, -0.2) is 31.1 Å². The quantitative estimate of drug-likeness (QED) is 0.458. The van der Waals surface area contributed by atoms with Gasteiger partial charge in [-0.25, -0.2) is 0 Å². The number of rotatable bonds is 3. The predicted molar refractivity (Wildman–Crippen MR) is 33.4 cm³/mol. The molecule has 2 nitrogen and oxygen atoms in total. The maximum absolute atomic E-state index is 4.79. The molecular weight excluding hydrogens is 158 g/mol. The van der Waals surface area contributed by atoms with E-state index >= 15 is 0 Å². The van der Waals surface area contributed by atoms with Gasteiger partial charge in [0.15, 0.2) is 0 Å². The van der Waals surface area contributed by atoms with Gasteiger partial charge in [-0.2, -0.15) is 5.06 Å². The molecule has 0 unspecified atom stereocenters. The van der Waals surface area contributed by atoms with E-state index in [4.69, 9.17) is 4.84 Å². The van der Waals surface area contributed by atoms with Crippen molar-refractivity contribution in [1.82, 2.24) is 5.06 Å². The molecule has 0 aliphatic heterocycles. The number of halogens is 1. The number of hydrogen-bond acceptors (Lipinski definition) is 2. The first-order chi connectivity index (χ1) is 3.31. The van der Waals surface area contributed by atoms with E-state index in [1.54, 1.807) is 12.2 Å². The Bertz CT molecular complexity index is 42.7. The van der Waals surface area contributed by atoms with Gasteiger partial charge in [0, 0.05) is 18.9 Å². The van der Waals surface area contributed by atoms with Gasteiger partial charge in [-0.05, 0) is 0 Å². The normalized spacial score (nSPS) is 10.3. The van der Waals surface area contributed by atoms with Crippen molar-refractivity contribution in [3.8, 4) is 0 Å². The number of alkyl halides is 1. The van der Waals surface area contributed by atoms with Crippen LogP contribution in [-0.2, 0) is 4.84 Å². The lowest BCUT2D eigenvalue weighted by molar-refractivity contribution is -0.103. The fraction of sp³-hybridized carbons (Fsp3) is 1.00. The molecule has 0 bridgehead atoms. The van der Waals surface area contributed by atoms with Gasteiger partial charge in [-0.3, -0.25) is 0 Å². The van der Waals surface area contributed by atoms with Gasteiger partial charge in [0.05, 0.1) is 7.11 Å². The maximum Gasteiger partial charge on any atom is 0.0575 e. The van der Waals surface area contributed by atoms with Gasteiger partial charge >= 0.3 is 0 Å². The minimum atomic E-state index is 0.927. The summed E-state index contributed by atoms with van der Waals surface area (Å²) in [6.07, 6.45) is 0. The van der Waals surface area contributed by atoms with Crippen LogP contribution < -0.4 is 0 Å². The van der Waals surface area contributed by atoms with Crippen LogP contribution in [0.15, 0.2) is 0 Å². The summed E-state index contributed by atoms with van der Waals surface area (Å²) in [5.74, 6) is 0. The minimum absolute atomic E-state index is 0.927. The van der Waals surface area contributed by atoms with Crippen molar-refractivity contribution in [3.05, 3.63) is 0 Å². The van der Waals surface area contributed by atoms with Gasteiger partial charge in [-0.15, -0.1) is 0 Å². The average Bonchev–Trinajstić information content (AvgIpc) is 1.68. The molecule has 7 heavy (non-hydrogen) atoms. The fourth-order valence-electron chi connectivity index (χ4n) is 0.210. The van der Waals surface area contributed by atoms with E-state index in [1.807, 2.05) is 7.05 Å². The summed E-state index contributed by atoms with van der Waals surface area (Å²) >= 11 is 3.27. The fourth-order valence-corrected chi connectivity index (χ4v) is 0.710. The van der Waals surface area contributed by atoms with E-state index < -0.39 is 0 Å². The lowest BCUT2D eigenvalue weighted by Crippen LogP contribution is -2.18. The van der Waals surface area contributed by atoms with Crippen LogP contribution in [0.25, 0.3) is 0 Å². The van der Waals surface area contributed by atoms with Crippen LogP contribution >= 0.6 is 15.9 Å². The largest absolute Gasteiger partial charge is 0.303 e. The number of hydrogen-bond donors (Lipinski definition) is 0. The highest BCUT2D eigenvalue weighted by Gasteiger charge is 1.88. The Morgan fingerprint density at radius 3 is 2.43 bits per heavy atom. The van der Waals surface area contributed by atoms with Crippen molar-refractivity contribution in [1.29, 1.82) is 0 Å². The smallest absolute Gasteiger partial charge is 0.0575 e. The summed E-state index contributed by atoms with van der Waals surface area (Å²) in [4.78, 5) is 4.79. The molecule has 0 spiro atoms. The van der Waals surface area contributed by atoms with Crippen LogP contribution in [0.3, 0.4) is 0 Å². The van der Waals surface area contributed by atoms with Crippen LogP contribution in [0.2, 0.25) is 0 Å². The van der Waals surface area contributed by atoms with Gasteiger partial charge in [0.25, 0.3) is 0 Å². The van der Waals surface area contributed by atoms with Crippen molar-refractivity contribution < 1.29 is 4.84 Å². The summed E-state index contributed by atoms with van der Waals surface area (Å²) < 4.78 is 0. The van der Waals surface area contributed by atoms with E-state index in [1.165, 1.54) is 0 Å². The highest BCUT2D eigenvalue weighted by Crippen LogP contribution is 1.83. The van der Waals surface area contributed by atoms with Gasteiger partial charge < -0.3 is 4.84 Å². The Morgan fingerprint density at radius 2 is 2.29 bits per heavy atom. The molecular formula is C4H10BrNO. The predicted octanol–water partition coefficient (Wildman–Crippen LogP) is 0.874. The zero-order chi connectivity index (χ0) is 5.70. The molecule has 0 aliphatic carbocycles. The molecule has 0 N–H and O–H groups in total. The molecule has 0 saturated heterocycles. The highest BCUT2D eigenvalue weighted by atomic mass is 79.9. The molecule has 0 rings (SSSR count). The summed E-state index contributed by atoms with van der Waals surface area (Å²) in [7, 11) is 3.55. The zero-order valence-electron chi connectivity index (χ0n) is 4.65. The summed E-state index contributed by atoms with van der Waals surface area (Å²) in [6, 6.07) is 0. The van der Waals surface area contributed by atoms with Crippen LogP contribution in [0.4, 0.5) is 0 Å². The third-order valence-electron chi connectivity index (χ3n) is 0.711. The topological polar surface area (TPSA) is 12.5 Å². The molecule has 0 aromatic heterocycles. The van der Waals surface area contributed by atoms with Gasteiger partial charge in [-0.1, -0.05) is 15.9 Å². The molecule has 0 aliphatic rings. The first-order valence-corrected chi connectivity index (χ1v) is 3.24. The first-order valence-electron chi connectivity index (χ1n) is 2.12. The molecule has 0 aromatic rings. The second-order valence-electron chi connectivity index (χ2n) is 1.22. The lowest BCUT2D eigenvalue weighted by atomic mass is 10.8. The number of nitrogens with zero attached hydrogens (tertiary/aromatic N) is 1. The molecule has 0 atom stereocenters. The Labute approximate surface area is 52.5 Å². The molecule has 0 aromatic carbocycles. The maximum atomic E-state index is 4.79. The lowest BCUT2D eigenvalue weighted by Gasteiger charge is -2.09. The van der Waals surface area contributed by atoms with Crippen LogP contribution in [0, 0.1) is 0 Å².